The highest BCUT2D eigenvalue weighted by atomic mass is 79.9. The number of hydrogen-bond acceptors (Lipinski definition) is 1. The SMILES string of the molecule is CC1(N)C=CC(Br)=CC1. The fourth-order valence-corrected chi connectivity index (χ4v) is 1.02. The monoisotopic (exact) mass is 187 g/mol. The van der Waals surface area contributed by atoms with Crippen LogP contribution >= 0.6 is 15.9 Å². The molecule has 1 aliphatic rings. The van der Waals surface area contributed by atoms with Crippen molar-refractivity contribution in [3.63, 3.8) is 0 Å². The Morgan fingerprint density at radius 1 is 1.78 bits per heavy atom. The van der Waals surface area contributed by atoms with E-state index < -0.39 is 0 Å². The summed E-state index contributed by atoms with van der Waals surface area (Å²) in [6.07, 6.45) is 7.00. The van der Waals surface area contributed by atoms with Gasteiger partial charge < -0.3 is 5.73 Å². The number of rotatable bonds is 0. The van der Waals surface area contributed by atoms with Crippen molar-refractivity contribution in [2.24, 2.45) is 5.73 Å². The van der Waals surface area contributed by atoms with Crippen molar-refractivity contribution in [3.05, 3.63) is 22.7 Å². The molecule has 1 atom stereocenters. The molecular formula is C7H10BrN. The summed E-state index contributed by atoms with van der Waals surface area (Å²) in [4.78, 5) is 0. The number of nitrogens with two attached hydrogens (primary N) is 1. The Morgan fingerprint density at radius 2 is 2.44 bits per heavy atom. The second-order valence-corrected chi connectivity index (χ2v) is 3.55. The van der Waals surface area contributed by atoms with E-state index >= 15 is 0 Å². The topological polar surface area (TPSA) is 26.0 Å². The predicted octanol–water partition coefficient (Wildman–Crippen LogP) is 1.94. The molecule has 0 aliphatic heterocycles. The van der Waals surface area contributed by atoms with E-state index in [1.54, 1.807) is 0 Å². The highest BCUT2D eigenvalue weighted by molar-refractivity contribution is 9.11. The minimum atomic E-state index is -0.128. The zero-order valence-electron chi connectivity index (χ0n) is 5.39. The quantitative estimate of drug-likeness (QED) is 0.617. The minimum Gasteiger partial charge on any atom is -0.322 e. The van der Waals surface area contributed by atoms with Gasteiger partial charge >= 0.3 is 0 Å². The third-order valence-corrected chi connectivity index (χ3v) is 1.95. The van der Waals surface area contributed by atoms with Gasteiger partial charge in [0.1, 0.15) is 0 Å². The third-order valence-electron chi connectivity index (χ3n) is 1.36. The molecule has 1 nitrogen and oxygen atoms in total. The van der Waals surface area contributed by atoms with Gasteiger partial charge in [0.25, 0.3) is 0 Å². The molecule has 0 aromatic heterocycles. The fourth-order valence-electron chi connectivity index (χ4n) is 0.723. The Morgan fingerprint density at radius 3 is 2.78 bits per heavy atom. The van der Waals surface area contributed by atoms with Gasteiger partial charge in [-0.25, -0.2) is 0 Å². The van der Waals surface area contributed by atoms with Gasteiger partial charge in [-0.15, -0.1) is 0 Å². The molecule has 1 aliphatic carbocycles. The summed E-state index contributed by atoms with van der Waals surface area (Å²) >= 11 is 3.36. The van der Waals surface area contributed by atoms with Gasteiger partial charge in [0.15, 0.2) is 0 Å². The first-order valence-corrected chi connectivity index (χ1v) is 3.73. The van der Waals surface area contributed by atoms with Gasteiger partial charge in [0, 0.05) is 10.0 Å². The fraction of sp³-hybridized carbons (Fsp3) is 0.429. The summed E-state index contributed by atoms with van der Waals surface area (Å²) in [5, 5.41) is 0. The van der Waals surface area contributed by atoms with Crippen molar-refractivity contribution < 1.29 is 0 Å². The Bertz CT molecular complexity index is 168. The summed E-state index contributed by atoms with van der Waals surface area (Å²) in [6, 6.07) is 0. The molecule has 1 unspecified atom stereocenters. The van der Waals surface area contributed by atoms with Crippen LogP contribution in [0.5, 0.6) is 0 Å². The first-order chi connectivity index (χ1) is 4.10. The summed E-state index contributed by atoms with van der Waals surface area (Å²) in [6.45, 7) is 2.01. The second kappa shape index (κ2) is 2.27. The zero-order valence-corrected chi connectivity index (χ0v) is 6.98. The molecule has 0 saturated carbocycles. The minimum absolute atomic E-state index is 0.128. The smallest absolute Gasteiger partial charge is 0.0349 e. The van der Waals surface area contributed by atoms with Crippen LogP contribution in [0.3, 0.4) is 0 Å². The van der Waals surface area contributed by atoms with Crippen LogP contribution in [-0.4, -0.2) is 5.54 Å². The standard InChI is InChI=1S/C7H10BrN/c1-7(9)4-2-6(8)3-5-7/h2-4H,5,9H2,1H3. The van der Waals surface area contributed by atoms with Crippen LogP contribution in [0.25, 0.3) is 0 Å². The Kier molecular flexibility index (Phi) is 1.78. The average Bonchev–Trinajstić information content (AvgIpc) is 1.78. The summed E-state index contributed by atoms with van der Waals surface area (Å²) < 4.78 is 1.13. The number of hydrogen-bond donors (Lipinski definition) is 1. The number of allylic oxidation sites excluding steroid dienone is 2. The maximum Gasteiger partial charge on any atom is 0.0349 e. The van der Waals surface area contributed by atoms with Crippen LogP contribution in [0.1, 0.15) is 13.3 Å². The van der Waals surface area contributed by atoms with E-state index in [4.69, 9.17) is 5.73 Å². The van der Waals surface area contributed by atoms with E-state index in [9.17, 15) is 0 Å². The van der Waals surface area contributed by atoms with Gasteiger partial charge in [-0.3, -0.25) is 0 Å². The van der Waals surface area contributed by atoms with E-state index in [1.165, 1.54) is 0 Å². The maximum atomic E-state index is 5.79. The lowest BCUT2D eigenvalue weighted by atomic mass is 9.95. The molecule has 2 heteroatoms. The lowest BCUT2D eigenvalue weighted by Gasteiger charge is -2.20. The predicted molar refractivity (Wildman–Crippen MR) is 43.4 cm³/mol. The van der Waals surface area contributed by atoms with Gasteiger partial charge in [-0.05, 0) is 13.3 Å². The van der Waals surface area contributed by atoms with E-state index in [-0.39, 0.29) is 5.54 Å². The molecule has 50 valence electrons. The summed E-state index contributed by atoms with van der Waals surface area (Å²) in [5.74, 6) is 0. The first kappa shape index (κ1) is 7.03. The molecule has 0 amide bonds. The Balaban J connectivity index is 2.70. The third kappa shape index (κ3) is 1.95. The van der Waals surface area contributed by atoms with E-state index in [0.717, 1.165) is 10.9 Å². The molecule has 0 aromatic carbocycles. The summed E-state index contributed by atoms with van der Waals surface area (Å²) in [7, 11) is 0. The molecule has 0 heterocycles. The van der Waals surface area contributed by atoms with Crippen LogP contribution in [-0.2, 0) is 0 Å². The van der Waals surface area contributed by atoms with Crippen molar-refractivity contribution in [2.45, 2.75) is 18.9 Å². The highest BCUT2D eigenvalue weighted by Gasteiger charge is 2.14. The molecular weight excluding hydrogens is 178 g/mol. The van der Waals surface area contributed by atoms with Gasteiger partial charge in [-0.1, -0.05) is 34.2 Å². The van der Waals surface area contributed by atoms with Crippen LogP contribution in [0.2, 0.25) is 0 Å². The number of halogens is 1. The van der Waals surface area contributed by atoms with Gasteiger partial charge in [0.05, 0.1) is 0 Å². The van der Waals surface area contributed by atoms with Crippen molar-refractivity contribution in [2.75, 3.05) is 0 Å². The lowest BCUT2D eigenvalue weighted by molar-refractivity contribution is 0.589. The molecule has 0 saturated heterocycles. The molecule has 0 spiro atoms. The zero-order chi connectivity index (χ0) is 6.91. The van der Waals surface area contributed by atoms with E-state index in [2.05, 4.69) is 22.0 Å². The van der Waals surface area contributed by atoms with Crippen molar-refractivity contribution in [3.8, 4) is 0 Å². The molecule has 0 radical (unpaired) electrons. The second-order valence-electron chi connectivity index (χ2n) is 2.63. The van der Waals surface area contributed by atoms with Crippen LogP contribution in [0, 0.1) is 0 Å². The first-order valence-electron chi connectivity index (χ1n) is 2.94. The maximum absolute atomic E-state index is 5.79. The molecule has 0 fully saturated rings. The molecule has 9 heavy (non-hydrogen) atoms. The molecule has 1 rings (SSSR count). The summed E-state index contributed by atoms with van der Waals surface area (Å²) in [5.41, 5.74) is 5.66. The molecule has 2 N–H and O–H groups in total. The normalized spacial score (nSPS) is 34.3. The Labute approximate surface area is 63.8 Å². The average molecular weight is 188 g/mol. The molecule has 0 bridgehead atoms. The van der Waals surface area contributed by atoms with E-state index in [0.29, 0.717) is 0 Å². The van der Waals surface area contributed by atoms with Crippen LogP contribution < -0.4 is 5.73 Å². The van der Waals surface area contributed by atoms with Crippen LogP contribution in [0.15, 0.2) is 22.7 Å². The Hall–Kier alpha value is -0.0800. The largest absolute Gasteiger partial charge is 0.322 e. The van der Waals surface area contributed by atoms with Crippen molar-refractivity contribution in [1.29, 1.82) is 0 Å². The lowest BCUT2D eigenvalue weighted by Crippen LogP contribution is -2.33. The molecule has 0 aromatic rings. The van der Waals surface area contributed by atoms with Crippen molar-refractivity contribution in [1.82, 2.24) is 0 Å². The highest BCUT2D eigenvalue weighted by Crippen LogP contribution is 2.20. The van der Waals surface area contributed by atoms with Gasteiger partial charge in [0.2, 0.25) is 0 Å². The van der Waals surface area contributed by atoms with E-state index in [1.807, 2.05) is 19.1 Å². The van der Waals surface area contributed by atoms with Gasteiger partial charge in [-0.2, -0.15) is 0 Å². The van der Waals surface area contributed by atoms with Crippen LogP contribution in [0.4, 0.5) is 0 Å². The van der Waals surface area contributed by atoms with Crippen molar-refractivity contribution >= 4 is 15.9 Å².